The van der Waals surface area contributed by atoms with E-state index in [2.05, 4.69) is 25.7 Å². The maximum Gasteiger partial charge on any atom is 0.227 e. The zero-order valence-electron chi connectivity index (χ0n) is 21.4. The Bertz CT molecular complexity index is 1010. The highest BCUT2D eigenvalue weighted by Crippen LogP contribution is 2.32. The number of hydrogen-bond donors (Lipinski definition) is 1. The summed E-state index contributed by atoms with van der Waals surface area (Å²) in [4.78, 5) is 2.26. The summed E-state index contributed by atoms with van der Waals surface area (Å²) in [5.74, 6) is 1.92. The van der Waals surface area contributed by atoms with Crippen LogP contribution in [-0.2, 0) is 11.3 Å². The molecule has 0 aliphatic carbocycles. The van der Waals surface area contributed by atoms with Crippen molar-refractivity contribution in [2.75, 3.05) is 19.7 Å². The minimum Gasteiger partial charge on any atom is -0.439 e. The molecular weight excluding hydrogens is 426 g/mol. The molecule has 0 saturated heterocycles. The first-order valence-corrected chi connectivity index (χ1v) is 12.1. The number of ether oxygens (including phenoxy) is 2. The highest BCUT2D eigenvalue weighted by atomic mass is 16.5. The van der Waals surface area contributed by atoms with Crippen molar-refractivity contribution in [1.82, 2.24) is 14.7 Å². The second-order valence-corrected chi connectivity index (χ2v) is 9.66. The van der Waals surface area contributed by atoms with E-state index in [4.69, 9.17) is 14.6 Å². The maximum atomic E-state index is 10.6. The van der Waals surface area contributed by atoms with Crippen molar-refractivity contribution in [2.45, 2.75) is 60.3 Å². The average molecular weight is 466 g/mol. The number of hydrogen-bond acceptors (Lipinski definition) is 5. The number of benzene rings is 2. The van der Waals surface area contributed by atoms with Gasteiger partial charge >= 0.3 is 0 Å². The number of aliphatic hydroxyl groups excluding tert-OH is 1. The first-order chi connectivity index (χ1) is 16.2. The Balaban J connectivity index is 1.94. The molecule has 2 aromatic carbocycles. The van der Waals surface area contributed by atoms with Gasteiger partial charge in [-0.05, 0) is 57.9 Å². The second kappa shape index (κ2) is 12.2. The van der Waals surface area contributed by atoms with Crippen LogP contribution in [0.2, 0.25) is 0 Å². The molecule has 34 heavy (non-hydrogen) atoms. The molecule has 1 aromatic heterocycles. The highest BCUT2D eigenvalue weighted by Gasteiger charge is 2.23. The third kappa shape index (κ3) is 7.42. The molecule has 1 atom stereocenters. The Morgan fingerprint density at radius 2 is 1.62 bits per heavy atom. The molecular formula is C28H39N3O3. The molecule has 0 bridgehead atoms. The number of aromatic nitrogens is 2. The Kier molecular flexibility index (Phi) is 9.28. The van der Waals surface area contributed by atoms with Crippen LogP contribution in [-0.4, -0.2) is 51.7 Å². The van der Waals surface area contributed by atoms with Gasteiger partial charge in [-0.15, -0.1) is 0 Å². The second-order valence-electron chi connectivity index (χ2n) is 9.66. The van der Waals surface area contributed by atoms with Gasteiger partial charge in [-0.25, -0.2) is 4.68 Å². The summed E-state index contributed by atoms with van der Waals surface area (Å²) in [5.41, 5.74) is 4.05. The van der Waals surface area contributed by atoms with E-state index in [9.17, 15) is 5.11 Å². The molecule has 1 unspecified atom stereocenters. The van der Waals surface area contributed by atoms with E-state index < -0.39 is 6.10 Å². The number of rotatable bonds is 12. The molecule has 0 fully saturated rings. The van der Waals surface area contributed by atoms with Crippen LogP contribution in [0.1, 0.15) is 44.5 Å². The van der Waals surface area contributed by atoms with Gasteiger partial charge < -0.3 is 14.6 Å². The lowest BCUT2D eigenvalue weighted by atomic mass is 10.1. The topological polar surface area (TPSA) is 59.8 Å². The summed E-state index contributed by atoms with van der Waals surface area (Å²) >= 11 is 0. The molecule has 0 spiro atoms. The first-order valence-electron chi connectivity index (χ1n) is 12.1. The van der Waals surface area contributed by atoms with E-state index >= 15 is 0 Å². The summed E-state index contributed by atoms with van der Waals surface area (Å²) in [6.45, 7) is 14.7. The third-order valence-electron chi connectivity index (χ3n) is 5.47. The van der Waals surface area contributed by atoms with Gasteiger partial charge in [-0.3, -0.25) is 4.90 Å². The lowest BCUT2D eigenvalue weighted by molar-refractivity contribution is -0.0109. The van der Waals surface area contributed by atoms with Gasteiger partial charge in [0.05, 0.1) is 35.8 Å². The lowest BCUT2D eigenvalue weighted by Gasteiger charge is -2.27. The molecule has 0 aliphatic rings. The molecule has 3 aromatic rings. The zero-order valence-corrected chi connectivity index (χ0v) is 21.4. The Labute approximate surface area is 204 Å². The van der Waals surface area contributed by atoms with Crippen molar-refractivity contribution in [3.63, 3.8) is 0 Å². The van der Waals surface area contributed by atoms with E-state index in [1.807, 2.05) is 80.1 Å². The van der Waals surface area contributed by atoms with Gasteiger partial charge in [-0.1, -0.05) is 49.7 Å². The fourth-order valence-corrected chi connectivity index (χ4v) is 3.89. The van der Waals surface area contributed by atoms with Gasteiger partial charge in [-0.2, -0.15) is 5.10 Å². The van der Waals surface area contributed by atoms with Crippen LogP contribution < -0.4 is 4.74 Å². The van der Waals surface area contributed by atoms with E-state index in [0.29, 0.717) is 31.5 Å². The van der Waals surface area contributed by atoms with E-state index in [1.165, 1.54) is 5.56 Å². The zero-order chi connectivity index (χ0) is 24.7. The van der Waals surface area contributed by atoms with Gasteiger partial charge in [0.2, 0.25) is 5.88 Å². The predicted molar refractivity (Wildman–Crippen MR) is 137 cm³/mol. The quantitative estimate of drug-likeness (QED) is 0.381. The molecule has 6 heteroatoms. The van der Waals surface area contributed by atoms with Crippen LogP contribution in [0.4, 0.5) is 0 Å². The van der Waals surface area contributed by atoms with E-state index in [0.717, 1.165) is 29.2 Å². The fraction of sp³-hybridized carbons (Fsp3) is 0.464. The molecule has 0 radical (unpaired) electrons. The summed E-state index contributed by atoms with van der Waals surface area (Å²) in [7, 11) is 0. The summed E-state index contributed by atoms with van der Waals surface area (Å²) in [6.07, 6.45) is -0.471. The van der Waals surface area contributed by atoms with Crippen molar-refractivity contribution in [3.05, 3.63) is 71.4 Å². The van der Waals surface area contributed by atoms with Crippen LogP contribution in [0.3, 0.4) is 0 Å². The van der Waals surface area contributed by atoms with Crippen LogP contribution in [0.25, 0.3) is 5.69 Å². The molecule has 0 aliphatic heterocycles. The summed E-state index contributed by atoms with van der Waals surface area (Å²) < 4.78 is 14.0. The minimum absolute atomic E-state index is 0.0917. The van der Waals surface area contributed by atoms with E-state index in [1.54, 1.807) is 0 Å². The molecule has 3 rings (SSSR count). The molecule has 184 valence electrons. The standard InChI is InChI=1S/C28H39N3O3/c1-20(2)16-30(17-25(32)19-33-21(3)4)18-27-23(6)29-31(24-10-8-7-9-11-24)28(27)34-26-14-12-22(5)13-15-26/h7-15,20-21,25,32H,16-19H2,1-6H3. The van der Waals surface area contributed by atoms with Gasteiger partial charge in [0.15, 0.2) is 0 Å². The lowest BCUT2D eigenvalue weighted by Crippen LogP contribution is -2.37. The molecule has 1 heterocycles. The van der Waals surface area contributed by atoms with Crippen molar-refractivity contribution >= 4 is 0 Å². The fourth-order valence-electron chi connectivity index (χ4n) is 3.89. The number of aryl methyl sites for hydroxylation is 2. The van der Waals surface area contributed by atoms with Crippen molar-refractivity contribution in [2.24, 2.45) is 5.92 Å². The van der Waals surface area contributed by atoms with Crippen molar-refractivity contribution < 1.29 is 14.6 Å². The Hall–Kier alpha value is -2.67. The number of nitrogens with zero attached hydrogens (tertiary/aromatic N) is 3. The SMILES string of the molecule is Cc1ccc(Oc2c(CN(CC(C)C)CC(O)COC(C)C)c(C)nn2-c2ccccc2)cc1. The maximum absolute atomic E-state index is 10.6. The number of aliphatic hydroxyl groups is 1. The van der Waals surface area contributed by atoms with Gasteiger partial charge in [0.25, 0.3) is 0 Å². The van der Waals surface area contributed by atoms with Crippen molar-refractivity contribution in [1.29, 1.82) is 0 Å². The Morgan fingerprint density at radius 3 is 2.24 bits per heavy atom. The number of para-hydroxylation sites is 1. The van der Waals surface area contributed by atoms with Crippen LogP contribution in [0, 0.1) is 19.8 Å². The monoisotopic (exact) mass is 465 g/mol. The van der Waals surface area contributed by atoms with Crippen molar-refractivity contribution in [3.8, 4) is 17.3 Å². The largest absolute Gasteiger partial charge is 0.439 e. The smallest absolute Gasteiger partial charge is 0.227 e. The van der Waals surface area contributed by atoms with Crippen LogP contribution in [0.15, 0.2) is 54.6 Å². The molecule has 1 N–H and O–H groups in total. The van der Waals surface area contributed by atoms with Crippen LogP contribution >= 0.6 is 0 Å². The summed E-state index contributed by atoms with van der Waals surface area (Å²) in [6, 6.07) is 18.1. The Morgan fingerprint density at radius 1 is 0.941 bits per heavy atom. The molecule has 0 amide bonds. The summed E-state index contributed by atoms with van der Waals surface area (Å²) in [5, 5.41) is 15.5. The predicted octanol–water partition coefficient (Wildman–Crippen LogP) is 5.53. The average Bonchev–Trinajstić information content (AvgIpc) is 3.09. The van der Waals surface area contributed by atoms with Gasteiger partial charge in [0.1, 0.15) is 5.75 Å². The molecule has 6 nitrogen and oxygen atoms in total. The van der Waals surface area contributed by atoms with E-state index in [-0.39, 0.29) is 6.10 Å². The molecule has 0 saturated carbocycles. The van der Waals surface area contributed by atoms with Crippen LogP contribution in [0.5, 0.6) is 11.6 Å². The third-order valence-corrected chi connectivity index (χ3v) is 5.47. The van der Waals surface area contributed by atoms with Gasteiger partial charge in [0, 0.05) is 19.6 Å². The first kappa shape index (κ1) is 25.9. The normalized spacial score (nSPS) is 12.6. The minimum atomic E-state index is -0.563. The highest BCUT2D eigenvalue weighted by molar-refractivity contribution is 5.43.